The van der Waals surface area contributed by atoms with Crippen LogP contribution in [0, 0.1) is 0 Å². The van der Waals surface area contributed by atoms with E-state index in [0.29, 0.717) is 0 Å². The average Bonchev–Trinajstić information content (AvgIpc) is 0. The molecule has 0 amide bonds. The summed E-state index contributed by atoms with van der Waals surface area (Å²) in [5.74, 6) is 0. The van der Waals surface area contributed by atoms with Gasteiger partial charge in [-0.3, -0.25) is 0 Å². The fourth-order valence-electron chi connectivity index (χ4n) is 0. The summed E-state index contributed by atoms with van der Waals surface area (Å²) in [6, 6.07) is 0. The van der Waals surface area contributed by atoms with Gasteiger partial charge in [0.2, 0.25) is 0 Å². The van der Waals surface area contributed by atoms with Crippen molar-refractivity contribution in [3.63, 3.8) is 0 Å². The van der Waals surface area contributed by atoms with Crippen molar-refractivity contribution in [3.8, 4) is 0 Å². The van der Waals surface area contributed by atoms with E-state index in [1.54, 1.807) is 0 Å². The van der Waals surface area contributed by atoms with Crippen molar-refractivity contribution in [2.24, 2.45) is 0 Å². The van der Waals surface area contributed by atoms with Crippen LogP contribution in [0.5, 0.6) is 0 Å². The molecule has 37 valence electrons. The molecule has 0 aliphatic rings. The van der Waals surface area contributed by atoms with E-state index in [2.05, 4.69) is 0 Å². The van der Waals surface area contributed by atoms with E-state index in [1.807, 2.05) is 0 Å². The maximum atomic E-state index is 0. The predicted molar refractivity (Wildman–Crippen MR) is 38.1 cm³/mol. The molecule has 0 fully saturated rings. The monoisotopic (exact) mass is 297 g/mol. The summed E-state index contributed by atoms with van der Waals surface area (Å²) in [5, 5.41) is 0. The molecule has 8 heavy (non-hydrogen) atoms. The molecule has 0 aromatic carbocycles. The van der Waals surface area contributed by atoms with Crippen LogP contribution in [0.1, 0.15) is 8.56 Å². The molecule has 0 aliphatic carbocycles. The normalized spacial score (nSPS) is 0. The Kier molecular flexibility index (Phi) is 381. The molecule has 0 atom stereocenters. The Bertz CT molecular complexity index is 37.8. The first kappa shape index (κ1) is 61.7. The molecular formula is H12AlCaFeKMgNaSiTi. The minimum Gasteiger partial charge on any atom is -1.00 e. The summed E-state index contributed by atoms with van der Waals surface area (Å²) in [7, 11) is 0. The molecule has 0 spiro atoms. The van der Waals surface area contributed by atoms with E-state index < -0.39 is 0 Å². The molecule has 0 bridgehead atoms. The van der Waals surface area contributed by atoms with E-state index in [1.165, 1.54) is 0 Å². The molecule has 8 heteroatoms. The molecule has 0 heterocycles. The van der Waals surface area contributed by atoms with Gasteiger partial charge in [0.15, 0.2) is 0 Å². The van der Waals surface area contributed by atoms with Gasteiger partial charge in [0.25, 0.3) is 0 Å². The predicted octanol–water partition coefficient (Wildman–Crippen LogP) is -8.45. The van der Waals surface area contributed by atoms with Crippen molar-refractivity contribution < 1.29 is 128 Å². The van der Waals surface area contributed by atoms with E-state index in [-0.39, 0.29) is 217 Å². The van der Waals surface area contributed by atoms with Crippen molar-refractivity contribution in [2.45, 2.75) is 0 Å². The van der Waals surface area contributed by atoms with Crippen LogP contribution >= 0.6 is 0 Å². The summed E-state index contributed by atoms with van der Waals surface area (Å²) in [4.78, 5) is 0. The summed E-state index contributed by atoms with van der Waals surface area (Å²) < 4.78 is 0. The van der Waals surface area contributed by atoms with Crippen molar-refractivity contribution >= 4 is 89.1 Å². The van der Waals surface area contributed by atoms with Gasteiger partial charge >= 0.3 is 142 Å². The Morgan fingerprint density at radius 1 is 1.12 bits per heavy atom. The smallest absolute Gasteiger partial charge is 1.00 e. The molecule has 0 aromatic rings. The summed E-state index contributed by atoms with van der Waals surface area (Å²) in [5.41, 5.74) is 0. The second kappa shape index (κ2) is 49.4. The first-order valence-corrected chi connectivity index (χ1v) is 0. The molecule has 0 rings (SSSR count). The molecular weight excluding hydrogens is 285 g/mol. The van der Waals surface area contributed by atoms with E-state index in [9.17, 15) is 0 Å². The van der Waals surface area contributed by atoms with Crippen LogP contribution in [0.4, 0.5) is 0 Å². The Morgan fingerprint density at radius 3 is 1.12 bits per heavy atom. The van der Waals surface area contributed by atoms with Crippen molar-refractivity contribution in [3.05, 3.63) is 0 Å². The summed E-state index contributed by atoms with van der Waals surface area (Å²) >= 11 is 0. The van der Waals surface area contributed by atoms with Gasteiger partial charge in [-0.15, -0.1) is 0 Å². The van der Waals surface area contributed by atoms with E-state index >= 15 is 0 Å². The van der Waals surface area contributed by atoms with Gasteiger partial charge in [0, 0.05) is 38.8 Å². The summed E-state index contributed by atoms with van der Waals surface area (Å²) in [6.45, 7) is 0. The van der Waals surface area contributed by atoms with E-state index in [4.69, 9.17) is 0 Å². The van der Waals surface area contributed by atoms with Crippen LogP contribution in [-0.2, 0) is 38.8 Å². The topological polar surface area (TPSA) is 0 Å². The molecule has 0 aromatic heterocycles. The van der Waals surface area contributed by atoms with E-state index in [0.717, 1.165) is 0 Å². The Morgan fingerprint density at radius 2 is 1.12 bits per heavy atom. The van der Waals surface area contributed by atoms with Crippen LogP contribution in [0.25, 0.3) is 0 Å². The van der Waals surface area contributed by atoms with Gasteiger partial charge in [0.05, 0.1) is 0 Å². The third-order valence-electron chi connectivity index (χ3n) is 0. The zero-order chi connectivity index (χ0) is 0. The zero-order valence-corrected chi connectivity index (χ0v) is 18.7. The second-order valence-corrected chi connectivity index (χ2v) is 0. The van der Waals surface area contributed by atoms with Gasteiger partial charge in [-0.1, -0.05) is 0 Å². The van der Waals surface area contributed by atoms with Crippen LogP contribution < -0.4 is 80.9 Å². The van der Waals surface area contributed by atoms with Gasteiger partial charge < -0.3 is 8.56 Å². The van der Waals surface area contributed by atoms with Crippen molar-refractivity contribution in [1.82, 2.24) is 0 Å². The molecule has 1 radical (unpaired) electrons. The van der Waals surface area contributed by atoms with Crippen LogP contribution in [0.15, 0.2) is 0 Å². The third kappa shape index (κ3) is 38.8. The number of rotatable bonds is 0. The minimum absolute atomic E-state index is 0. The Hall–Kier alpha value is 6.65. The molecule has 0 unspecified atom stereocenters. The van der Waals surface area contributed by atoms with Gasteiger partial charge in [-0.25, -0.2) is 0 Å². The Labute approximate surface area is 211 Å². The first-order valence-electron chi connectivity index (χ1n) is 0. The fourth-order valence-corrected chi connectivity index (χ4v) is 0. The largest absolute Gasteiger partial charge is 2.00 e. The number of hydrogen-bond donors (Lipinski definition) is 0. The van der Waals surface area contributed by atoms with Gasteiger partial charge in [-0.05, 0) is 11.0 Å². The van der Waals surface area contributed by atoms with Gasteiger partial charge in [-0.2, -0.15) is 0 Å². The maximum Gasteiger partial charge on any atom is 2.00 e. The first-order chi connectivity index (χ1) is 0. The van der Waals surface area contributed by atoms with Crippen molar-refractivity contribution in [1.29, 1.82) is 0 Å². The minimum atomic E-state index is 0. The molecule has 0 nitrogen and oxygen atoms in total. The SMILES string of the molecule is [AlH2].[Ca+2].[Fe].[H-].[H-].[H-].[H-].[H-].[H-].[K+].[Mg+2].[Na+].[SiH4].[Ti]. The molecule has 0 saturated carbocycles. The molecule has 0 N–H and O–H groups in total. The Balaban J connectivity index is 0. The van der Waals surface area contributed by atoms with Crippen LogP contribution in [0.3, 0.4) is 0 Å². The number of hydrogen-bond acceptors (Lipinski definition) is 0. The van der Waals surface area contributed by atoms with Crippen LogP contribution in [-0.4, -0.2) is 89.1 Å². The third-order valence-corrected chi connectivity index (χ3v) is 0. The van der Waals surface area contributed by atoms with Crippen LogP contribution in [0.2, 0.25) is 0 Å². The zero-order valence-electron chi connectivity index (χ0n) is 11.3. The molecule has 0 saturated heterocycles. The second-order valence-electron chi connectivity index (χ2n) is 0. The maximum absolute atomic E-state index is 0. The molecule has 0 aliphatic heterocycles. The summed E-state index contributed by atoms with van der Waals surface area (Å²) in [6.07, 6.45) is 0. The van der Waals surface area contributed by atoms with Gasteiger partial charge in [0.1, 0.15) is 17.4 Å². The standard InChI is InChI=1S/Al.Ca.Fe.K.Mg.Na.H4Si.Ti.8H/h;;;;;;1H4;;;;;;;;;/q;+2;;+1;+2;+1;;;;;6*-1. The fraction of sp³-hybridized carbons (Fsp3) is 0. The average molecular weight is 297 g/mol. The van der Waals surface area contributed by atoms with Crippen molar-refractivity contribution in [2.75, 3.05) is 0 Å². The quantitative estimate of drug-likeness (QED) is 0.390.